The number of rotatable bonds is 5. The Kier molecular flexibility index (Phi) is 5.92. The Bertz CT molecular complexity index is 1290. The first-order valence-corrected chi connectivity index (χ1v) is 10.6. The molecule has 4 rings (SSSR count). The topological polar surface area (TPSA) is 119 Å². The molecule has 0 radical (unpaired) electrons. The highest BCUT2D eigenvalue weighted by atomic mass is 35.5. The normalized spacial score (nSPS) is 12.7. The molecule has 0 saturated carbocycles. The van der Waals surface area contributed by atoms with Gasteiger partial charge >= 0.3 is 5.97 Å². The van der Waals surface area contributed by atoms with E-state index in [2.05, 4.69) is 15.5 Å². The number of aryl methyl sites for hydroxylation is 1. The first-order valence-electron chi connectivity index (χ1n) is 8.99. The van der Waals surface area contributed by atoms with Crippen LogP contribution in [0, 0.1) is 6.92 Å². The smallest absolute Gasteiger partial charge is 0.338 e. The summed E-state index contributed by atoms with van der Waals surface area (Å²) in [6, 6.07) is 8.47. The van der Waals surface area contributed by atoms with Crippen molar-refractivity contribution in [1.29, 1.82) is 0 Å². The summed E-state index contributed by atoms with van der Waals surface area (Å²) < 4.78 is 5.01. The molecule has 0 atom stereocenters. The molecule has 12 heteroatoms. The zero-order chi connectivity index (χ0) is 23.0. The number of esters is 1. The first-order chi connectivity index (χ1) is 15.2. The van der Waals surface area contributed by atoms with E-state index in [4.69, 9.17) is 27.9 Å². The predicted molar refractivity (Wildman–Crippen MR) is 118 cm³/mol. The van der Waals surface area contributed by atoms with Crippen molar-refractivity contribution in [3.8, 4) is 0 Å². The van der Waals surface area contributed by atoms with Crippen molar-refractivity contribution < 1.29 is 23.9 Å². The van der Waals surface area contributed by atoms with Gasteiger partial charge in [0.05, 0.1) is 27.4 Å². The molecule has 3 aromatic rings. The predicted octanol–water partition coefficient (Wildman–Crippen LogP) is 3.75. The lowest BCUT2D eigenvalue weighted by atomic mass is 10.1. The minimum Gasteiger partial charge on any atom is -0.452 e. The lowest BCUT2D eigenvalue weighted by Gasteiger charge is -2.09. The number of imide groups is 1. The molecule has 1 aromatic heterocycles. The number of aromatic nitrogens is 2. The molecule has 32 heavy (non-hydrogen) atoms. The summed E-state index contributed by atoms with van der Waals surface area (Å²) in [6.45, 7) is 1.10. The minimum absolute atomic E-state index is 0.00813. The van der Waals surface area contributed by atoms with E-state index < -0.39 is 30.3 Å². The van der Waals surface area contributed by atoms with E-state index in [0.29, 0.717) is 10.0 Å². The largest absolute Gasteiger partial charge is 0.452 e. The van der Waals surface area contributed by atoms with Gasteiger partial charge in [0.25, 0.3) is 17.7 Å². The van der Waals surface area contributed by atoms with Crippen LogP contribution in [0.2, 0.25) is 10.0 Å². The fourth-order valence-electron chi connectivity index (χ4n) is 2.91. The molecular weight excluding hydrogens is 479 g/mol. The second-order valence-electron chi connectivity index (χ2n) is 6.56. The Labute approximate surface area is 194 Å². The highest BCUT2D eigenvalue weighted by Crippen LogP contribution is 2.31. The zero-order valence-corrected chi connectivity index (χ0v) is 18.5. The number of nitrogens with one attached hydrogen (secondary N) is 1. The molecule has 0 spiro atoms. The molecule has 0 fully saturated rings. The quantitative estimate of drug-likeness (QED) is 0.427. The maximum absolute atomic E-state index is 12.7. The average Bonchev–Trinajstić information content (AvgIpc) is 3.29. The fraction of sp³-hybridized carbons (Fsp3) is 0.100. The number of hydrogen-bond donors (Lipinski definition) is 1. The van der Waals surface area contributed by atoms with Crippen LogP contribution in [-0.2, 0) is 9.53 Å². The standard InChI is InChI=1S/C20H12Cl2N4O5S/c1-9-24-25-20(32-9)26-17(28)12-4-2-10(6-13(12)18(26)29)19(30)31-8-16(27)23-15-7-11(21)3-5-14(15)22/h2-7H,8H2,1H3,(H,23,27). The van der Waals surface area contributed by atoms with Crippen LogP contribution in [0.3, 0.4) is 0 Å². The number of ether oxygens (including phenoxy) is 1. The van der Waals surface area contributed by atoms with Crippen LogP contribution in [0.1, 0.15) is 36.1 Å². The second-order valence-corrected chi connectivity index (χ2v) is 8.56. The van der Waals surface area contributed by atoms with Crippen molar-refractivity contribution in [3.63, 3.8) is 0 Å². The first kappa shape index (κ1) is 21.9. The summed E-state index contributed by atoms with van der Waals surface area (Å²) in [5, 5.41) is 11.5. The van der Waals surface area contributed by atoms with Gasteiger partial charge in [-0.25, -0.2) is 9.69 Å². The van der Waals surface area contributed by atoms with Crippen LogP contribution in [-0.4, -0.2) is 40.5 Å². The Balaban J connectivity index is 1.44. The van der Waals surface area contributed by atoms with Gasteiger partial charge in [-0.3, -0.25) is 14.4 Å². The third kappa shape index (κ3) is 4.20. The SMILES string of the molecule is Cc1nnc(N2C(=O)c3ccc(C(=O)OCC(=O)Nc4cc(Cl)ccc4Cl)cc3C2=O)s1. The molecule has 0 unspecified atom stereocenters. The maximum Gasteiger partial charge on any atom is 0.338 e. The molecule has 1 N–H and O–H groups in total. The number of hydrogen-bond acceptors (Lipinski definition) is 8. The van der Waals surface area contributed by atoms with E-state index in [1.165, 1.54) is 30.3 Å². The van der Waals surface area contributed by atoms with Crippen LogP contribution < -0.4 is 10.2 Å². The van der Waals surface area contributed by atoms with Crippen LogP contribution in [0.15, 0.2) is 36.4 Å². The lowest BCUT2D eigenvalue weighted by Crippen LogP contribution is -2.29. The number of fused-ring (bicyclic) bond motifs is 1. The number of carbonyl (C=O) groups is 4. The number of amides is 3. The van der Waals surface area contributed by atoms with Crippen LogP contribution in [0.25, 0.3) is 0 Å². The highest BCUT2D eigenvalue weighted by Gasteiger charge is 2.39. The summed E-state index contributed by atoms with van der Waals surface area (Å²) >= 11 is 12.9. The summed E-state index contributed by atoms with van der Waals surface area (Å²) in [4.78, 5) is 50.7. The van der Waals surface area contributed by atoms with Crippen LogP contribution in [0.4, 0.5) is 10.8 Å². The molecule has 9 nitrogen and oxygen atoms in total. The molecule has 2 heterocycles. The van der Waals surface area contributed by atoms with Crippen molar-refractivity contribution in [2.75, 3.05) is 16.8 Å². The van der Waals surface area contributed by atoms with Gasteiger partial charge in [-0.05, 0) is 43.3 Å². The molecule has 1 aliphatic rings. The number of anilines is 2. The fourth-order valence-corrected chi connectivity index (χ4v) is 3.93. The molecule has 1 aliphatic heterocycles. The zero-order valence-electron chi connectivity index (χ0n) is 16.2. The number of carbonyl (C=O) groups excluding carboxylic acids is 4. The molecule has 2 aromatic carbocycles. The van der Waals surface area contributed by atoms with Gasteiger partial charge in [0.15, 0.2) is 6.61 Å². The molecule has 0 aliphatic carbocycles. The molecule has 0 saturated heterocycles. The van der Waals surface area contributed by atoms with Crippen LogP contribution >= 0.6 is 34.5 Å². The van der Waals surface area contributed by atoms with Gasteiger partial charge in [0, 0.05) is 5.02 Å². The van der Waals surface area contributed by atoms with E-state index in [-0.39, 0.29) is 32.5 Å². The Morgan fingerprint density at radius 1 is 1.06 bits per heavy atom. The Morgan fingerprint density at radius 3 is 2.53 bits per heavy atom. The van der Waals surface area contributed by atoms with Crippen molar-refractivity contribution in [3.05, 3.63) is 68.1 Å². The third-order valence-electron chi connectivity index (χ3n) is 4.37. The Morgan fingerprint density at radius 2 is 1.81 bits per heavy atom. The van der Waals surface area contributed by atoms with Crippen molar-refractivity contribution in [2.45, 2.75) is 6.92 Å². The summed E-state index contributed by atoms with van der Waals surface area (Å²) in [7, 11) is 0. The third-order valence-corrected chi connectivity index (χ3v) is 5.75. The van der Waals surface area contributed by atoms with E-state index in [9.17, 15) is 19.2 Å². The van der Waals surface area contributed by atoms with Gasteiger partial charge in [-0.15, -0.1) is 10.2 Å². The molecule has 3 amide bonds. The monoisotopic (exact) mass is 490 g/mol. The molecular formula is C20H12Cl2N4O5S. The minimum atomic E-state index is -0.842. The van der Waals surface area contributed by atoms with Gasteiger partial charge in [-0.2, -0.15) is 0 Å². The van der Waals surface area contributed by atoms with Gasteiger partial charge in [-0.1, -0.05) is 34.5 Å². The van der Waals surface area contributed by atoms with Crippen molar-refractivity contribution in [2.24, 2.45) is 0 Å². The highest BCUT2D eigenvalue weighted by molar-refractivity contribution is 7.15. The number of benzene rings is 2. The summed E-state index contributed by atoms with van der Waals surface area (Å²) in [5.74, 6) is -2.65. The van der Waals surface area contributed by atoms with Gasteiger partial charge in [0.1, 0.15) is 5.01 Å². The lowest BCUT2D eigenvalue weighted by molar-refractivity contribution is -0.119. The summed E-state index contributed by atoms with van der Waals surface area (Å²) in [6.07, 6.45) is 0. The average molecular weight is 491 g/mol. The van der Waals surface area contributed by atoms with E-state index in [1.54, 1.807) is 13.0 Å². The van der Waals surface area contributed by atoms with E-state index >= 15 is 0 Å². The van der Waals surface area contributed by atoms with E-state index in [0.717, 1.165) is 16.2 Å². The van der Waals surface area contributed by atoms with Gasteiger partial charge < -0.3 is 10.1 Å². The number of halogens is 2. The van der Waals surface area contributed by atoms with Gasteiger partial charge in [0.2, 0.25) is 5.13 Å². The molecule has 0 bridgehead atoms. The van der Waals surface area contributed by atoms with Crippen molar-refractivity contribution in [1.82, 2.24) is 10.2 Å². The van der Waals surface area contributed by atoms with Crippen LogP contribution in [0.5, 0.6) is 0 Å². The summed E-state index contributed by atoms with van der Waals surface area (Å²) in [5.41, 5.74) is 0.447. The van der Waals surface area contributed by atoms with E-state index in [1.807, 2.05) is 0 Å². The second kappa shape index (κ2) is 8.65. The Hall–Kier alpha value is -3.34. The molecule has 162 valence electrons. The number of nitrogens with zero attached hydrogens (tertiary/aromatic N) is 3. The van der Waals surface area contributed by atoms with Crippen molar-refractivity contribution >= 4 is 69.0 Å². The maximum atomic E-state index is 12.7.